The predicted octanol–water partition coefficient (Wildman–Crippen LogP) is 3.03. The summed E-state index contributed by atoms with van der Waals surface area (Å²) in [5.41, 5.74) is 8.02. The number of hydrogen-bond acceptors (Lipinski definition) is 4. The summed E-state index contributed by atoms with van der Waals surface area (Å²) in [5, 5.41) is 11.2. The summed E-state index contributed by atoms with van der Waals surface area (Å²) in [6.07, 6.45) is 0. The molecule has 0 unspecified atom stereocenters. The zero-order chi connectivity index (χ0) is 14.0. The molecule has 19 heavy (non-hydrogen) atoms. The number of thiazole rings is 1. The number of amidine groups is 1. The average Bonchev–Trinajstić information content (AvgIpc) is 2.73. The van der Waals surface area contributed by atoms with Gasteiger partial charge in [-0.3, -0.25) is 5.41 Å². The Bertz CT molecular complexity index is 608. The maximum atomic E-state index is 7.65. The highest BCUT2D eigenvalue weighted by atomic mass is 35.5. The molecule has 2 rings (SSSR count). The molecule has 6 heteroatoms. The van der Waals surface area contributed by atoms with E-state index in [0.29, 0.717) is 17.1 Å². The van der Waals surface area contributed by atoms with Gasteiger partial charge in [0.2, 0.25) is 0 Å². The molecule has 0 saturated heterocycles. The maximum absolute atomic E-state index is 7.65. The molecule has 1 heterocycles. The Morgan fingerprint density at radius 1 is 1.53 bits per heavy atom. The molecule has 0 bridgehead atoms. The van der Waals surface area contributed by atoms with Crippen molar-refractivity contribution in [3.8, 4) is 0 Å². The largest absolute Gasteiger partial charge is 0.384 e. The Morgan fingerprint density at radius 3 is 2.84 bits per heavy atom. The molecule has 4 nitrogen and oxygen atoms in total. The summed E-state index contributed by atoms with van der Waals surface area (Å²) in [7, 11) is 1.94. The summed E-state index contributed by atoms with van der Waals surface area (Å²) >= 11 is 7.74. The Hall–Kier alpha value is -1.59. The van der Waals surface area contributed by atoms with Crippen LogP contribution in [0.3, 0.4) is 0 Å². The first-order chi connectivity index (χ1) is 8.99. The highest BCUT2D eigenvalue weighted by Gasteiger charge is 2.14. The molecule has 0 aliphatic heterocycles. The molecule has 3 N–H and O–H groups in total. The molecular formula is C13H15ClN4S. The van der Waals surface area contributed by atoms with Crippen molar-refractivity contribution in [2.24, 2.45) is 5.73 Å². The number of nitrogen functional groups attached to an aromatic ring is 1. The minimum atomic E-state index is -0.0260. The zero-order valence-electron chi connectivity index (χ0n) is 10.8. The molecule has 0 fully saturated rings. The van der Waals surface area contributed by atoms with Gasteiger partial charge in [-0.2, -0.15) is 0 Å². The number of nitrogens with zero attached hydrogens (tertiary/aromatic N) is 2. The molecule has 1 aromatic heterocycles. The minimum absolute atomic E-state index is 0.0260. The van der Waals surface area contributed by atoms with E-state index in [2.05, 4.69) is 4.98 Å². The van der Waals surface area contributed by atoms with Gasteiger partial charge in [0.15, 0.2) is 0 Å². The minimum Gasteiger partial charge on any atom is -0.384 e. The quantitative estimate of drug-likeness (QED) is 0.673. The van der Waals surface area contributed by atoms with Crippen LogP contribution in [0.5, 0.6) is 0 Å². The van der Waals surface area contributed by atoms with Crippen molar-refractivity contribution in [1.82, 2.24) is 4.98 Å². The number of hydrogen-bond donors (Lipinski definition) is 2. The summed E-state index contributed by atoms with van der Waals surface area (Å²) in [6, 6.07) is 5.50. The fourth-order valence-electron chi connectivity index (χ4n) is 1.91. The van der Waals surface area contributed by atoms with Crippen LogP contribution in [0.1, 0.15) is 16.3 Å². The third-order valence-corrected chi connectivity index (χ3v) is 3.88. The number of halogens is 1. The first-order valence-corrected chi connectivity index (χ1v) is 7.00. The normalized spacial score (nSPS) is 10.5. The van der Waals surface area contributed by atoms with Gasteiger partial charge in [0, 0.05) is 18.1 Å². The van der Waals surface area contributed by atoms with E-state index >= 15 is 0 Å². The lowest BCUT2D eigenvalue weighted by molar-refractivity contribution is 0.889. The van der Waals surface area contributed by atoms with E-state index in [4.69, 9.17) is 22.7 Å². The lowest BCUT2D eigenvalue weighted by atomic mass is 10.1. The number of benzene rings is 1. The van der Waals surface area contributed by atoms with Crippen LogP contribution in [0.4, 0.5) is 5.69 Å². The van der Waals surface area contributed by atoms with Crippen molar-refractivity contribution in [3.63, 3.8) is 0 Å². The molecule has 0 amide bonds. The molecule has 2 aromatic rings. The maximum Gasteiger partial charge on any atom is 0.126 e. The van der Waals surface area contributed by atoms with E-state index < -0.39 is 0 Å². The average molecular weight is 295 g/mol. The third kappa shape index (κ3) is 3.05. The van der Waals surface area contributed by atoms with E-state index in [-0.39, 0.29) is 5.84 Å². The molecule has 0 atom stereocenters. The summed E-state index contributed by atoms with van der Waals surface area (Å²) in [4.78, 5) is 6.43. The van der Waals surface area contributed by atoms with Crippen LogP contribution < -0.4 is 10.6 Å². The fourth-order valence-corrected chi connectivity index (χ4v) is 2.78. The van der Waals surface area contributed by atoms with Crippen LogP contribution in [-0.2, 0) is 6.54 Å². The smallest absolute Gasteiger partial charge is 0.126 e. The van der Waals surface area contributed by atoms with E-state index in [0.717, 1.165) is 16.4 Å². The van der Waals surface area contributed by atoms with Crippen molar-refractivity contribution in [3.05, 3.63) is 44.9 Å². The summed E-state index contributed by atoms with van der Waals surface area (Å²) in [6.45, 7) is 2.64. The van der Waals surface area contributed by atoms with Crippen LogP contribution in [-0.4, -0.2) is 17.9 Å². The second kappa shape index (κ2) is 5.59. The standard InChI is InChI=1S/C13H15ClN4S/c1-8-17-9(7-19-8)6-18(2)11-5-3-4-10(14)12(11)13(15)16/h3-5,7H,6H2,1-2H3,(H3,15,16). The number of nitrogens with two attached hydrogens (primary N) is 1. The van der Waals surface area contributed by atoms with Gasteiger partial charge < -0.3 is 10.6 Å². The van der Waals surface area contributed by atoms with Gasteiger partial charge >= 0.3 is 0 Å². The van der Waals surface area contributed by atoms with Gasteiger partial charge in [-0.25, -0.2) is 4.98 Å². The summed E-state index contributed by atoms with van der Waals surface area (Å²) < 4.78 is 0. The number of nitrogens with one attached hydrogen (secondary N) is 1. The molecule has 0 radical (unpaired) electrons. The number of aromatic nitrogens is 1. The molecule has 100 valence electrons. The van der Waals surface area contributed by atoms with Gasteiger partial charge in [-0.15, -0.1) is 11.3 Å². The van der Waals surface area contributed by atoms with Gasteiger partial charge in [-0.1, -0.05) is 17.7 Å². The van der Waals surface area contributed by atoms with Crippen LogP contribution in [0.2, 0.25) is 5.02 Å². The van der Waals surface area contributed by atoms with Gasteiger partial charge in [-0.05, 0) is 19.1 Å². The molecular weight excluding hydrogens is 280 g/mol. The SMILES string of the molecule is Cc1nc(CN(C)c2cccc(Cl)c2C(=N)N)cs1. The van der Waals surface area contributed by atoms with Crippen molar-refractivity contribution in [2.45, 2.75) is 13.5 Å². The topological polar surface area (TPSA) is 66.0 Å². The Morgan fingerprint density at radius 2 is 2.26 bits per heavy atom. The lowest BCUT2D eigenvalue weighted by Gasteiger charge is -2.21. The van der Waals surface area contributed by atoms with Crippen molar-refractivity contribution in [1.29, 1.82) is 5.41 Å². The second-order valence-electron chi connectivity index (χ2n) is 4.26. The Balaban J connectivity index is 2.31. The molecule has 0 aliphatic carbocycles. The third-order valence-electron chi connectivity index (χ3n) is 2.74. The molecule has 0 aliphatic rings. The highest BCUT2D eigenvalue weighted by Crippen LogP contribution is 2.27. The Kier molecular flexibility index (Phi) is 4.07. The van der Waals surface area contributed by atoms with E-state index in [1.807, 2.05) is 36.4 Å². The van der Waals surface area contributed by atoms with Crippen LogP contribution in [0, 0.1) is 12.3 Å². The van der Waals surface area contributed by atoms with E-state index in [9.17, 15) is 0 Å². The zero-order valence-corrected chi connectivity index (χ0v) is 12.3. The number of rotatable bonds is 4. The van der Waals surface area contributed by atoms with Crippen molar-refractivity contribution in [2.75, 3.05) is 11.9 Å². The van der Waals surface area contributed by atoms with Crippen LogP contribution in [0.25, 0.3) is 0 Å². The molecule has 0 saturated carbocycles. The second-order valence-corrected chi connectivity index (χ2v) is 5.73. The predicted molar refractivity (Wildman–Crippen MR) is 81.4 cm³/mol. The van der Waals surface area contributed by atoms with E-state index in [1.54, 1.807) is 17.4 Å². The van der Waals surface area contributed by atoms with Gasteiger partial charge in [0.25, 0.3) is 0 Å². The Labute approximate surface area is 121 Å². The van der Waals surface area contributed by atoms with Gasteiger partial charge in [0.1, 0.15) is 5.84 Å². The van der Waals surface area contributed by atoms with Gasteiger partial charge in [0.05, 0.1) is 27.8 Å². The van der Waals surface area contributed by atoms with Crippen LogP contribution in [0.15, 0.2) is 23.6 Å². The van der Waals surface area contributed by atoms with E-state index in [1.165, 1.54) is 0 Å². The van der Waals surface area contributed by atoms with Crippen molar-refractivity contribution >= 4 is 34.5 Å². The highest BCUT2D eigenvalue weighted by molar-refractivity contribution is 7.09. The molecule has 0 spiro atoms. The monoisotopic (exact) mass is 294 g/mol. The van der Waals surface area contributed by atoms with Crippen LogP contribution >= 0.6 is 22.9 Å². The molecule has 1 aromatic carbocycles. The first kappa shape index (κ1) is 13.8. The fraction of sp³-hybridized carbons (Fsp3) is 0.231. The number of aryl methyl sites for hydroxylation is 1. The van der Waals surface area contributed by atoms with Crippen molar-refractivity contribution < 1.29 is 0 Å². The lowest BCUT2D eigenvalue weighted by Crippen LogP contribution is -2.22. The number of anilines is 1. The summed E-state index contributed by atoms with van der Waals surface area (Å²) in [5.74, 6) is -0.0260. The first-order valence-electron chi connectivity index (χ1n) is 5.74.